The molecule has 2 nitrogen and oxygen atoms in total. The molecule has 2 rings (SSSR count). The van der Waals surface area contributed by atoms with Crippen molar-refractivity contribution in [1.82, 2.24) is 0 Å². The van der Waals surface area contributed by atoms with Crippen LogP contribution in [-0.4, -0.2) is 17.8 Å². The van der Waals surface area contributed by atoms with Crippen LogP contribution >= 0.6 is 0 Å². The van der Waals surface area contributed by atoms with Crippen LogP contribution in [0.2, 0.25) is 0 Å². The minimum Gasteiger partial charge on any atom is -0.497 e. The van der Waals surface area contributed by atoms with E-state index in [9.17, 15) is 5.11 Å². The summed E-state index contributed by atoms with van der Waals surface area (Å²) in [7, 11) is 1.67. The number of methoxy groups -OCH3 is 1. The van der Waals surface area contributed by atoms with Crippen molar-refractivity contribution >= 4 is 0 Å². The lowest BCUT2D eigenvalue weighted by Crippen LogP contribution is -2.11. The monoisotopic (exact) mass is 192 g/mol. The summed E-state index contributed by atoms with van der Waals surface area (Å²) < 4.78 is 5.16. The molecule has 0 atom stereocenters. The van der Waals surface area contributed by atoms with E-state index in [4.69, 9.17) is 4.74 Å². The minimum atomic E-state index is -0.420. The molecule has 0 radical (unpaired) electrons. The fourth-order valence-electron chi connectivity index (χ4n) is 1.64. The van der Waals surface area contributed by atoms with Crippen molar-refractivity contribution in [3.05, 3.63) is 29.3 Å². The van der Waals surface area contributed by atoms with Crippen LogP contribution < -0.4 is 4.74 Å². The molecule has 0 aliphatic heterocycles. The summed E-state index contributed by atoms with van der Waals surface area (Å²) in [5.74, 6) is 0.870. The first-order valence-corrected chi connectivity index (χ1v) is 4.99. The van der Waals surface area contributed by atoms with Gasteiger partial charge in [0.05, 0.1) is 12.7 Å². The fraction of sp³-hybridized carbons (Fsp3) is 0.500. The van der Waals surface area contributed by atoms with Gasteiger partial charge in [0.25, 0.3) is 0 Å². The van der Waals surface area contributed by atoms with E-state index in [2.05, 4.69) is 6.92 Å². The van der Waals surface area contributed by atoms with Crippen LogP contribution in [0.1, 0.15) is 24.0 Å². The summed E-state index contributed by atoms with van der Waals surface area (Å²) >= 11 is 0. The van der Waals surface area contributed by atoms with Gasteiger partial charge in [0, 0.05) is 6.42 Å². The molecule has 0 bridgehead atoms. The molecule has 0 heterocycles. The van der Waals surface area contributed by atoms with Crippen molar-refractivity contribution in [2.45, 2.75) is 31.8 Å². The third-order valence-electron chi connectivity index (χ3n) is 2.90. The molecule has 76 valence electrons. The first-order chi connectivity index (χ1) is 6.63. The quantitative estimate of drug-likeness (QED) is 0.794. The average Bonchev–Trinajstić information content (AvgIpc) is 2.88. The summed E-state index contributed by atoms with van der Waals surface area (Å²) in [6.07, 6.45) is 2.63. The normalized spacial score (nSPS) is 17.9. The number of benzene rings is 1. The average molecular weight is 192 g/mol. The summed E-state index contributed by atoms with van der Waals surface area (Å²) in [5, 5.41) is 9.83. The van der Waals surface area contributed by atoms with E-state index in [1.165, 1.54) is 11.1 Å². The molecule has 1 aliphatic carbocycles. The molecule has 0 spiro atoms. The Morgan fingerprint density at radius 3 is 2.71 bits per heavy atom. The lowest BCUT2D eigenvalue weighted by molar-refractivity contribution is 0.150. The number of aryl methyl sites for hydroxylation is 1. The highest BCUT2D eigenvalue weighted by Crippen LogP contribution is 2.39. The van der Waals surface area contributed by atoms with Gasteiger partial charge in [0.2, 0.25) is 0 Å². The number of hydrogen-bond acceptors (Lipinski definition) is 2. The Morgan fingerprint density at radius 1 is 1.43 bits per heavy atom. The van der Waals surface area contributed by atoms with E-state index >= 15 is 0 Å². The molecule has 0 saturated heterocycles. The maximum atomic E-state index is 9.83. The second-order valence-electron chi connectivity index (χ2n) is 4.19. The van der Waals surface area contributed by atoms with Gasteiger partial charge < -0.3 is 9.84 Å². The topological polar surface area (TPSA) is 29.5 Å². The number of hydrogen-bond donors (Lipinski definition) is 1. The van der Waals surface area contributed by atoms with Crippen molar-refractivity contribution in [2.24, 2.45) is 0 Å². The summed E-state index contributed by atoms with van der Waals surface area (Å²) in [6.45, 7) is 2.07. The van der Waals surface area contributed by atoms with Gasteiger partial charge in [-0.1, -0.05) is 6.07 Å². The van der Waals surface area contributed by atoms with Gasteiger partial charge >= 0.3 is 0 Å². The molecular weight excluding hydrogens is 176 g/mol. The van der Waals surface area contributed by atoms with Crippen LogP contribution in [0.3, 0.4) is 0 Å². The Hall–Kier alpha value is -1.02. The Bertz CT molecular complexity index is 340. The molecular formula is C12H16O2. The molecule has 1 aliphatic rings. The molecule has 0 amide bonds. The van der Waals surface area contributed by atoms with E-state index in [1.54, 1.807) is 7.11 Å². The second kappa shape index (κ2) is 3.28. The largest absolute Gasteiger partial charge is 0.497 e. The van der Waals surface area contributed by atoms with Gasteiger partial charge in [0.1, 0.15) is 5.75 Å². The lowest BCUT2D eigenvalue weighted by atomic mass is 10.0. The zero-order valence-electron chi connectivity index (χ0n) is 8.71. The van der Waals surface area contributed by atoms with Gasteiger partial charge in [-0.15, -0.1) is 0 Å². The maximum absolute atomic E-state index is 9.83. The summed E-state index contributed by atoms with van der Waals surface area (Å²) in [4.78, 5) is 0. The van der Waals surface area contributed by atoms with Crippen LogP contribution in [0.15, 0.2) is 18.2 Å². The predicted molar refractivity (Wildman–Crippen MR) is 55.6 cm³/mol. The second-order valence-corrected chi connectivity index (χ2v) is 4.19. The molecule has 1 fully saturated rings. The van der Waals surface area contributed by atoms with E-state index in [0.29, 0.717) is 0 Å². The first kappa shape index (κ1) is 9.53. The van der Waals surface area contributed by atoms with Gasteiger partial charge in [-0.05, 0) is 43.0 Å². The highest BCUT2D eigenvalue weighted by molar-refractivity contribution is 5.36. The van der Waals surface area contributed by atoms with Crippen molar-refractivity contribution in [1.29, 1.82) is 0 Å². The fourth-order valence-corrected chi connectivity index (χ4v) is 1.64. The van der Waals surface area contributed by atoms with Crippen LogP contribution in [0, 0.1) is 6.92 Å². The summed E-state index contributed by atoms with van der Waals surface area (Å²) in [5.41, 5.74) is 2.01. The molecule has 0 aromatic heterocycles. The lowest BCUT2D eigenvalue weighted by Gasteiger charge is -2.11. The minimum absolute atomic E-state index is 0.420. The van der Waals surface area contributed by atoms with Crippen molar-refractivity contribution in [3.63, 3.8) is 0 Å². The molecule has 1 aromatic carbocycles. The van der Waals surface area contributed by atoms with Gasteiger partial charge in [0.15, 0.2) is 0 Å². The predicted octanol–water partition coefficient (Wildman–Crippen LogP) is 2.07. The van der Waals surface area contributed by atoms with Crippen LogP contribution in [0.5, 0.6) is 5.75 Å². The van der Waals surface area contributed by atoms with E-state index in [1.807, 2.05) is 18.2 Å². The van der Waals surface area contributed by atoms with E-state index in [0.717, 1.165) is 25.0 Å². The molecule has 14 heavy (non-hydrogen) atoms. The zero-order valence-corrected chi connectivity index (χ0v) is 8.71. The number of ether oxygens (including phenoxy) is 1. The third kappa shape index (κ3) is 1.90. The smallest absolute Gasteiger partial charge is 0.119 e. The standard InChI is InChI=1S/C12H16O2/c1-9-3-4-11(14-2)7-10(9)8-12(13)5-6-12/h3-4,7,13H,5-6,8H2,1-2H3. The Labute approximate surface area is 84.5 Å². The molecule has 1 aromatic rings. The van der Waals surface area contributed by atoms with Crippen molar-refractivity contribution < 1.29 is 9.84 Å². The van der Waals surface area contributed by atoms with Gasteiger partial charge in [-0.2, -0.15) is 0 Å². The highest BCUT2D eigenvalue weighted by atomic mass is 16.5. The van der Waals surface area contributed by atoms with Gasteiger partial charge in [-0.25, -0.2) is 0 Å². The van der Waals surface area contributed by atoms with E-state index in [-0.39, 0.29) is 0 Å². The Balaban J connectivity index is 2.22. The van der Waals surface area contributed by atoms with Crippen molar-refractivity contribution in [2.75, 3.05) is 7.11 Å². The summed E-state index contributed by atoms with van der Waals surface area (Å²) in [6, 6.07) is 6.02. The van der Waals surface area contributed by atoms with Crippen LogP contribution in [-0.2, 0) is 6.42 Å². The van der Waals surface area contributed by atoms with Gasteiger partial charge in [-0.3, -0.25) is 0 Å². The first-order valence-electron chi connectivity index (χ1n) is 4.99. The molecule has 0 unspecified atom stereocenters. The van der Waals surface area contributed by atoms with Crippen molar-refractivity contribution in [3.8, 4) is 5.75 Å². The number of aliphatic hydroxyl groups is 1. The van der Waals surface area contributed by atoms with Crippen LogP contribution in [0.25, 0.3) is 0 Å². The number of rotatable bonds is 3. The SMILES string of the molecule is COc1ccc(C)c(CC2(O)CC2)c1. The van der Waals surface area contributed by atoms with E-state index < -0.39 is 5.60 Å². The Morgan fingerprint density at radius 2 is 2.14 bits per heavy atom. The molecule has 2 heteroatoms. The third-order valence-corrected chi connectivity index (χ3v) is 2.90. The highest BCUT2D eigenvalue weighted by Gasteiger charge is 2.40. The maximum Gasteiger partial charge on any atom is 0.119 e. The molecule has 1 saturated carbocycles. The Kier molecular flexibility index (Phi) is 2.23. The van der Waals surface area contributed by atoms with Crippen LogP contribution in [0.4, 0.5) is 0 Å². The molecule has 1 N–H and O–H groups in total. The zero-order chi connectivity index (χ0) is 10.2.